The van der Waals surface area contributed by atoms with Gasteiger partial charge in [0.2, 0.25) is 0 Å². The van der Waals surface area contributed by atoms with Crippen LogP contribution in [0.2, 0.25) is 0 Å². The fourth-order valence-electron chi connectivity index (χ4n) is 0.516. The summed E-state index contributed by atoms with van der Waals surface area (Å²) in [6.07, 6.45) is 11.0. The molecule has 0 aliphatic rings. The van der Waals surface area contributed by atoms with Gasteiger partial charge in [-0.15, -0.1) is 19.7 Å². The lowest BCUT2D eigenvalue weighted by Crippen LogP contribution is -1.85. The third kappa shape index (κ3) is 95.6. The summed E-state index contributed by atoms with van der Waals surface area (Å²) in [6, 6.07) is 2.05. The average molecular weight is 324 g/mol. The van der Waals surface area contributed by atoms with Gasteiger partial charge in [0, 0.05) is 6.42 Å². The predicted molar refractivity (Wildman–Crippen MR) is 112 cm³/mol. The number of rotatable bonds is 5. The number of hydrogen-bond acceptors (Lipinski definition) is 1. The highest BCUT2D eigenvalue weighted by molar-refractivity contribution is 4.83. The normalized spacial score (nSPS) is 8.70. The SMILES string of the molecule is C=CC.C=CC(C)CC#N.C=CCC.CCC.CCC(C)CC. The van der Waals surface area contributed by atoms with Gasteiger partial charge >= 0.3 is 0 Å². The molecule has 0 aromatic rings. The van der Waals surface area contributed by atoms with Crippen LogP contribution in [-0.2, 0) is 0 Å². The predicted octanol–water partition coefficient (Wildman–Crippen LogP) is 8.36. The van der Waals surface area contributed by atoms with Crippen molar-refractivity contribution in [3.63, 3.8) is 0 Å². The van der Waals surface area contributed by atoms with E-state index in [1.165, 1.54) is 19.3 Å². The minimum absolute atomic E-state index is 0.352. The molecule has 0 saturated heterocycles. The molecule has 1 atom stereocenters. The first-order valence-corrected chi connectivity index (χ1v) is 9.04. The van der Waals surface area contributed by atoms with Gasteiger partial charge in [-0.2, -0.15) is 5.26 Å². The van der Waals surface area contributed by atoms with E-state index in [1.807, 2.05) is 26.0 Å². The Morgan fingerprint density at radius 1 is 0.957 bits per heavy atom. The molecule has 0 aliphatic heterocycles. The standard InChI is InChI=1S/C6H9N.C6H14.C4H8.C3H8.C3H6/c1-3-6(2)4-5-7;1-4-6(3)5-2;1-3-4-2;2*1-3-2/h3,6H,1,4H2,2H3;6H,4-5H2,1-3H3;3H,1,4H2,2H3;3H2,1-2H3;3H,1H2,2H3. The van der Waals surface area contributed by atoms with Gasteiger partial charge in [0.25, 0.3) is 0 Å². The van der Waals surface area contributed by atoms with Crippen LogP contribution in [0, 0.1) is 23.2 Å². The molecule has 0 rings (SSSR count). The van der Waals surface area contributed by atoms with Crippen molar-refractivity contribution in [1.82, 2.24) is 0 Å². The fraction of sp³-hybridized carbons (Fsp3) is 0.682. The van der Waals surface area contributed by atoms with E-state index in [1.54, 1.807) is 12.2 Å². The summed E-state index contributed by atoms with van der Waals surface area (Å²) >= 11 is 0. The van der Waals surface area contributed by atoms with E-state index in [0.717, 1.165) is 12.3 Å². The van der Waals surface area contributed by atoms with Gasteiger partial charge in [-0.05, 0) is 25.2 Å². The molecule has 0 fully saturated rings. The van der Waals surface area contributed by atoms with Gasteiger partial charge < -0.3 is 0 Å². The average Bonchev–Trinajstić information content (AvgIpc) is 2.56. The highest BCUT2D eigenvalue weighted by Crippen LogP contribution is 2.02. The first-order valence-electron chi connectivity index (χ1n) is 9.04. The van der Waals surface area contributed by atoms with Gasteiger partial charge in [-0.1, -0.05) is 86.0 Å². The Bertz CT molecular complexity index is 231. The van der Waals surface area contributed by atoms with E-state index in [-0.39, 0.29) is 0 Å². The fourth-order valence-corrected chi connectivity index (χ4v) is 0.516. The molecule has 1 unspecified atom stereocenters. The van der Waals surface area contributed by atoms with Crippen molar-refractivity contribution in [2.75, 3.05) is 0 Å². The number of hydrogen-bond donors (Lipinski definition) is 0. The highest BCUT2D eigenvalue weighted by Gasteiger charge is 1.89. The molecule has 1 heteroatoms. The minimum atomic E-state index is 0.352. The molecule has 0 saturated carbocycles. The second-order valence-corrected chi connectivity index (χ2v) is 5.31. The Hall–Kier alpha value is -1.29. The third-order valence-corrected chi connectivity index (χ3v) is 2.50. The summed E-state index contributed by atoms with van der Waals surface area (Å²) in [5.41, 5.74) is 0. The first-order chi connectivity index (χ1) is 10.9. The molecule has 138 valence electrons. The van der Waals surface area contributed by atoms with Crippen LogP contribution in [0.15, 0.2) is 38.0 Å². The highest BCUT2D eigenvalue weighted by atomic mass is 14.2. The van der Waals surface area contributed by atoms with Crippen molar-refractivity contribution in [3.05, 3.63) is 38.0 Å². The Balaban J connectivity index is -0.0000000616. The molecule has 0 amide bonds. The van der Waals surface area contributed by atoms with Gasteiger partial charge in [-0.3, -0.25) is 0 Å². The summed E-state index contributed by atoms with van der Waals surface area (Å²) < 4.78 is 0. The molecule has 0 aliphatic carbocycles. The van der Waals surface area contributed by atoms with Crippen LogP contribution in [0.3, 0.4) is 0 Å². The molecular weight excluding hydrogens is 278 g/mol. The molecule has 23 heavy (non-hydrogen) atoms. The molecule has 1 nitrogen and oxygen atoms in total. The van der Waals surface area contributed by atoms with Crippen LogP contribution in [-0.4, -0.2) is 0 Å². The first kappa shape index (κ1) is 33.3. The minimum Gasteiger partial charge on any atom is -0.198 e. The Kier molecular flexibility index (Phi) is 62.1. The lowest BCUT2D eigenvalue weighted by molar-refractivity contribution is 0.544. The van der Waals surface area contributed by atoms with E-state index in [0.29, 0.717) is 12.3 Å². The van der Waals surface area contributed by atoms with Crippen LogP contribution in [0.5, 0.6) is 0 Å². The molecular formula is C22H45N. The zero-order valence-electron chi connectivity index (χ0n) is 17.5. The largest absolute Gasteiger partial charge is 0.198 e. The van der Waals surface area contributed by atoms with Crippen LogP contribution in [0.1, 0.15) is 87.5 Å². The van der Waals surface area contributed by atoms with Crippen LogP contribution < -0.4 is 0 Å². The Morgan fingerprint density at radius 2 is 1.26 bits per heavy atom. The van der Waals surface area contributed by atoms with Crippen molar-refractivity contribution >= 4 is 0 Å². The molecule has 0 heterocycles. The van der Waals surface area contributed by atoms with Crippen molar-refractivity contribution < 1.29 is 0 Å². The van der Waals surface area contributed by atoms with Crippen molar-refractivity contribution in [3.8, 4) is 6.07 Å². The summed E-state index contributed by atoms with van der Waals surface area (Å²) in [5, 5.41) is 8.07. The van der Waals surface area contributed by atoms with E-state index in [4.69, 9.17) is 5.26 Å². The second kappa shape index (κ2) is 42.8. The lowest BCUT2D eigenvalue weighted by Gasteiger charge is -1.98. The maximum atomic E-state index is 8.07. The van der Waals surface area contributed by atoms with Gasteiger partial charge in [-0.25, -0.2) is 0 Å². The third-order valence-electron chi connectivity index (χ3n) is 2.50. The quantitative estimate of drug-likeness (QED) is 0.466. The van der Waals surface area contributed by atoms with E-state index < -0.39 is 0 Å². The summed E-state index contributed by atoms with van der Waals surface area (Å²) in [7, 11) is 0. The zero-order chi connectivity index (χ0) is 19.5. The maximum absolute atomic E-state index is 8.07. The number of allylic oxidation sites excluding steroid dienone is 3. The zero-order valence-corrected chi connectivity index (χ0v) is 17.5. The van der Waals surface area contributed by atoms with Gasteiger partial charge in [0.1, 0.15) is 0 Å². The second-order valence-electron chi connectivity index (χ2n) is 5.31. The summed E-state index contributed by atoms with van der Waals surface area (Å²) in [6.45, 7) is 27.3. The molecule has 0 bridgehead atoms. The Morgan fingerprint density at radius 3 is 1.30 bits per heavy atom. The van der Waals surface area contributed by atoms with Gasteiger partial charge in [0.05, 0.1) is 6.07 Å². The van der Waals surface area contributed by atoms with Crippen LogP contribution >= 0.6 is 0 Å². The van der Waals surface area contributed by atoms with Crippen molar-refractivity contribution in [2.24, 2.45) is 11.8 Å². The van der Waals surface area contributed by atoms with E-state index in [2.05, 4.69) is 61.3 Å². The molecule has 0 aromatic carbocycles. The summed E-state index contributed by atoms with van der Waals surface area (Å²) in [5.74, 6) is 1.29. The van der Waals surface area contributed by atoms with Crippen molar-refractivity contribution in [2.45, 2.75) is 87.5 Å². The van der Waals surface area contributed by atoms with Crippen molar-refractivity contribution in [1.29, 1.82) is 5.26 Å². The summed E-state index contributed by atoms with van der Waals surface area (Å²) in [4.78, 5) is 0. The van der Waals surface area contributed by atoms with Crippen LogP contribution in [0.4, 0.5) is 0 Å². The lowest BCUT2D eigenvalue weighted by atomic mass is 10.1. The topological polar surface area (TPSA) is 23.8 Å². The Labute approximate surface area is 149 Å². The van der Waals surface area contributed by atoms with E-state index >= 15 is 0 Å². The smallest absolute Gasteiger partial charge is 0.0627 e. The van der Waals surface area contributed by atoms with Crippen LogP contribution in [0.25, 0.3) is 0 Å². The van der Waals surface area contributed by atoms with E-state index in [9.17, 15) is 0 Å². The molecule has 0 N–H and O–H groups in total. The number of nitriles is 1. The van der Waals surface area contributed by atoms with Gasteiger partial charge in [0.15, 0.2) is 0 Å². The maximum Gasteiger partial charge on any atom is 0.0627 e. The monoisotopic (exact) mass is 323 g/mol. The molecule has 0 aromatic heterocycles. The molecule has 0 spiro atoms. The number of nitrogens with zero attached hydrogens (tertiary/aromatic N) is 1. The molecule has 0 radical (unpaired) electrons.